The van der Waals surface area contributed by atoms with Gasteiger partial charge in [0.25, 0.3) is 0 Å². The van der Waals surface area contributed by atoms with E-state index < -0.39 is 5.60 Å². The third-order valence-corrected chi connectivity index (χ3v) is 5.10. The van der Waals surface area contributed by atoms with Gasteiger partial charge in [-0.1, -0.05) is 6.08 Å². The van der Waals surface area contributed by atoms with Crippen molar-refractivity contribution in [3.05, 3.63) is 12.2 Å². The first-order chi connectivity index (χ1) is 12.1. The first kappa shape index (κ1) is 19.9. The number of nitrogens with one attached hydrogen (secondary N) is 1. The molecule has 0 bridgehead atoms. The van der Waals surface area contributed by atoms with Gasteiger partial charge in [0.05, 0.1) is 18.8 Å². The highest BCUT2D eigenvalue weighted by atomic mass is 16.5. The summed E-state index contributed by atoms with van der Waals surface area (Å²) in [4.78, 5) is 28.2. The van der Waals surface area contributed by atoms with Crippen LogP contribution in [0.25, 0.3) is 0 Å². The molecule has 1 unspecified atom stereocenters. The molecule has 2 saturated heterocycles. The van der Waals surface area contributed by atoms with Crippen LogP contribution in [0, 0.1) is 0 Å². The Morgan fingerprint density at radius 3 is 2.72 bits per heavy atom. The molecule has 2 aliphatic heterocycles. The molecular weight excluding hydrogens is 322 g/mol. The number of amides is 2. The zero-order valence-corrected chi connectivity index (χ0v) is 15.5. The maximum absolute atomic E-state index is 12.5. The van der Waals surface area contributed by atoms with E-state index in [4.69, 9.17) is 9.47 Å². The van der Waals surface area contributed by atoms with Crippen LogP contribution >= 0.6 is 0 Å². The van der Waals surface area contributed by atoms with Crippen LogP contribution in [-0.2, 0) is 19.1 Å². The van der Waals surface area contributed by atoms with Crippen LogP contribution in [0.3, 0.4) is 0 Å². The van der Waals surface area contributed by atoms with Gasteiger partial charge in [-0.15, -0.1) is 0 Å². The smallest absolute Gasteiger partial charge is 0.246 e. The van der Waals surface area contributed by atoms with Crippen molar-refractivity contribution in [2.24, 2.45) is 0 Å². The van der Waals surface area contributed by atoms with E-state index in [0.717, 1.165) is 52.2 Å². The van der Waals surface area contributed by atoms with Gasteiger partial charge in [-0.05, 0) is 19.3 Å². The molecule has 7 nitrogen and oxygen atoms in total. The van der Waals surface area contributed by atoms with Crippen molar-refractivity contribution in [3.63, 3.8) is 0 Å². The van der Waals surface area contributed by atoms with Crippen LogP contribution in [0.1, 0.15) is 25.7 Å². The fourth-order valence-corrected chi connectivity index (χ4v) is 3.42. The molecule has 0 aromatic rings. The Bertz CT molecular complexity index is 477. The first-order valence-corrected chi connectivity index (χ1v) is 9.10. The average Bonchev–Trinajstić information content (AvgIpc) is 2.67. The number of methoxy groups -OCH3 is 1. The number of piperidine rings is 1. The molecule has 1 atom stereocenters. The van der Waals surface area contributed by atoms with Crippen molar-refractivity contribution in [1.29, 1.82) is 0 Å². The van der Waals surface area contributed by atoms with E-state index in [1.54, 1.807) is 20.2 Å². The minimum absolute atomic E-state index is 0.00489. The van der Waals surface area contributed by atoms with Crippen molar-refractivity contribution in [3.8, 4) is 0 Å². The van der Waals surface area contributed by atoms with Gasteiger partial charge in [0.2, 0.25) is 11.8 Å². The lowest BCUT2D eigenvalue weighted by atomic mass is 9.87. The summed E-state index contributed by atoms with van der Waals surface area (Å²) in [5.41, 5.74) is -0.418. The highest BCUT2D eigenvalue weighted by Crippen LogP contribution is 2.29. The van der Waals surface area contributed by atoms with Crippen LogP contribution < -0.4 is 5.32 Å². The third kappa shape index (κ3) is 6.09. The summed E-state index contributed by atoms with van der Waals surface area (Å²) in [6.45, 7) is 5.40. The number of hydrogen-bond acceptors (Lipinski definition) is 5. The lowest BCUT2D eigenvalue weighted by Gasteiger charge is -2.41. The van der Waals surface area contributed by atoms with Gasteiger partial charge in [-0.3, -0.25) is 14.5 Å². The van der Waals surface area contributed by atoms with Gasteiger partial charge in [0.1, 0.15) is 0 Å². The summed E-state index contributed by atoms with van der Waals surface area (Å²) in [5.74, 6) is 0.0274. The van der Waals surface area contributed by atoms with E-state index in [2.05, 4.69) is 10.2 Å². The predicted molar refractivity (Wildman–Crippen MR) is 95.3 cm³/mol. The molecule has 2 fully saturated rings. The Morgan fingerprint density at radius 2 is 2.04 bits per heavy atom. The fourth-order valence-electron chi connectivity index (χ4n) is 3.42. The number of morpholine rings is 1. The molecule has 2 aliphatic rings. The van der Waals surface area contributed by atoms with Gasteiger partial charge >= 0.3 is 0 Å². The quantitative estimate of drug-likeness (QED) is 0.671. The standard InChI is InChI=1S/C18H31N3O4/c1-19-16(22)6-8-18(24-2)7-4-10-21(15-18)17(23)5-3-9-20-11-13-25-14-12-20/h3,5H,4,6-15H2,1-2H3,(H,19,22). The Morgan fingerprint density at radius 1 is 1.28 bits per heavy atom. The van der Waals surface area contributed by atoms with E-state index in [-0.39, 0.29) is 11.8 Å². The van der Waals surface area contributed by atoms with Crippen LogP contribution in [0.5, 0.6) is 0 Å². The normalized spacial score (nSPS) is 25.3. The van der Waals surface area contributed by atoms with Crippen molar-refractivity contribution in [2.45, 2.75) is 31.3 Å². The minimum Gasteiger partial charge on any atom is -0.379 e. The molecule has 0 aromatic heterocycles. The molecule has 1 N–H and O–H groups in total. The first-order valence-electron chi connectivity index (χ1n) is 9.10. The number of carbonyl (C=O) groups is 2. The Balaban J connectivity index is 1.85. The highest BCUT2D eigenvalue weighted by Gasteiger charge is 2.36. The third-order valence-electron chi connectivity index (χ3n) is 5.10. The Hall–Kier alpha value is -1.44. The number of nitrogens with zero attached hydrogens (tertiary/aromatic N) is 2. The summed E-state index contributed by atoms with van der Waals surface area (Å²) < 4.78 is 11.1. The van der Waals surface area contributed by atoms with Crippen LogP contribution in [0.15, 0.2) is 12.2 Å². The summed E-state index contributed by atoms with van der Waals surface area (Å²) in [6, 6.07) is 0. The van der Waals surface area contributed by atoms with Gasteiger partial charge in [0.15, 0.2) is 0 Å². The summed E-state index contributed by atoms with van der Waals surface area (Å²) in [5, 5.41) is 2.64. The van der Waals surface area contributed by atoms with Gasteiger partial charge in [0, 0.05) is 59.4 Å². The number of rotatable bonds is 7. The molecule has 142 valence electrons. The molecule has 0 spiro atoms. The Kier molecular flexibility index (Phi) is 7.87. The fraction of sp³-hybridized carbons (Fsp3) is 0.778. The zero-order chi connectivity index (χ0) is 18.1. The predicted octanol–water partition coefficient (Wildman–Crippen LogP) is 0.409. The van der Waals surface area contributed by atoms with E-state index in [9.17, 15) is 9.59 Å². The summed E-state index contributed by atoms with van der Waals surface area (Å²) in [7, 11) is 3.31. The molecule has 7 heteroatoms. The molecule has 2 rings (SSSR count). The van der Waals surface area contributed by atoms with Gasteiger partial charge in [-0.2, -0.15) is 0 Å². The van der Waals surface area contributed by atoms with Gasteiger partial charge in [-0.25, -0.2) is 0 Å². The lowest BCUT2D eigenvalue weighted by molar-refractivity contribution is -0.137. The van der Waals surface area contributed by atoms with Crippen molar-refractivity contribution in [1.82, 2.24) is 15.1 Å². The van der Waals surface area contributed by atoms with Crippen molar-refractivity contribution >= 4 is 11.8 Å². The molecule has 0 radical (unpaired) electrons. The second kappa shape index (κ2) is 9.89. The lowest BCUT2D eigenvalue weighted by Crippen LogP contribution is -2.51. The van der Waals surface area contributed by atoms with E-state index in [1.807, 2.05) is 11.0 Å². The number of hydrogen-bond donors (Lipinski definition) is 1. The molecule has 0 aliphatic carbocycles. The summed E-state index contributed by atoms with van der Waals surface area (Å²) in [6.07, 6.45) is 6.41. The van der Waals surface area contributed by atoms with E-state index >= 15 is 0 Å². The summed E-state index contributed by atoms with van der Waals surface area (Å²) >= 11 is 0. The number of likely N-dealkylation sites (tertiary alicyclic amines) is 1. The van der Waals surface area contributed by atoms with Crippen molar-refractivity contribution < 1.29 is 19.1 Å². The second-order valence-corrected chi connectivity index (χ2v) is 6.74. The monoisotopic (exact) mass is 353 g/mol. The maximum atomic E-state index is 12.5. The average molecular weight is 353 g/mol. The zero-order valence-electron chi connectivity index (χ0n) is 15.5. The number of ether oxygens (including phenoxy) is 2. The van der Waals surface area contributed by atoms with Crippen LogP contribution in [0.4, 0.5) is 0 Å². The molecule has 0 aromatic carbocycles. The Labute approximate surface area is 150 Å². The maximum Gasteiger partial charge on any atom is 0.246 e. The van der Waals surface area contributed by atoms with E-state index in [0.29, 0.717) is 19.4 Å². The van der Waals surface area contributed by atoms with E-state index in [1.165, 1.54) is 0 Å². The van der Waals surface area contributed by atoms with Gasteiger partial charge < -0.3 is 19.7 Å². The highest BCUT2D eigenvalue weighted by molar-refractivity contribution is 5.87. The minimum atomic E-state index is -0.418. The molecular formula is C18H31N3O4. The molecule has 2 amide bonds. The number of carbonyl (C=O) groups excluding carboxylic acids is 2. The molecule has 2 heterocycles. The largest absolute Gasteiger partial charge is 0.379 e. The van der Waals surface area contributed by atoms with Crippen LogP contribution in [0.2, 0.25) is 0 Å². The molecule has 0 saturated carbocycles. The topological polar surface area (TPSA) is 71.1 Å². The van der Waals surface area contributed by atoms with Crippen molar-refractivity contribution in [2.75, 3.05) is 60.1 Å². The SMILES string of the molecule is CNC(=O)CCC1(OC)CCCN(C(=O)C=CCN2CCOCC2)C1. The molecule has 25 heavy (non-hydrogen) atoms. The van der Waals surface area contributed by atoms with Crippen LogP contribution in [-0.4, -0.2) is 87.3 Å². The second-order valence-electron chi connectivity index (χ2n) is 6.74.